The van der Waals surface area contributed by atoms with E-state index in [1.165, 1.54) is 22.4 Å². The van der Waals surface area contributed by atoms with Gasteiger partial charge >= 0.3 is 6.18 Å². The van der Waals surface area contributed by atoms with Crippen molar-refractivity contribution in [3.8, 4) is 11.5 Å². The number of hydrogen-bond donors (Lipinski definition) is 6. The van der Waals surface area contributed by atoms with E-state index < -0.39 is 11.7 Å². The molecule has 0 saturated carbocycles. The molecule has 0 saturated heterocycles. The maximum Gasteiger partial charge on any atom is 0.419 e. The number of anilines is 5. The molecular formula is C44H45Cl2F3N10O2. The molecule has 9 rings (SSSR count). The first-order valence-corrected chi connectivity index (χ1v) is 20.4. The molecule has 4 aromatic carbocycles. The Morgan fingerprint density at radius 3 is 1.66 bits per heavy atom. The number of benzene rings is 4. The molecule has 2 aromatic heterocycles. The van der Waals surface area contributed by atoms with E-state index in [1.807, 2.05) is 48.5 Å². The molecule has 0 unspecified atom stereocenters. The predicted molar refractivity (Wildman–Crippen MR) is 233 cm³/mol. The molecule has 0 radical (unpaired) electrons. The van der Waals surface area contributed by atoms with Gasteiger partial charge in [-0.3, -0.25) is 0 Å². The lowest BCUT2D eigenvalue weighted by atomic mass is 9.88. The lowest BCUT2D eigenvalue weighted by Crippen LogP contribution is -2.33. The van der Waals surface area contributed by atoms with Crippen LogP contribution in [0.15, 0.2) is 104 Å². The van der Waals surface area contributed by atoms with Crippen LogP contribution >= 0.6 is 23.2 Å². The van der Waals surface area contributed by atoms with Gasteiger partial charge in [0.25, 0.3) is 0 Å². The molecule has 0 fully saturated rings. The normalized spacial score (nSPS) is 17.5. The van der Waals surface area contributed by atoms with Gasteiger partial charge in [0.05, 0.1) is 23.0 Å². The number of halogens is 5. The minimum atomic E-state index is -4.45. The third kappa shape index (κ3) is 12.4. The van der Waals surface area contributed by atoms with E-state index in [2.05, 4.69) is 54.1 Å². The molecule has 2 aliphatic heterocycles. The highest BCUT2D eigenvalue weighted by Crippen LogP contribution is 2.32. The van der Waals surface area contributed by atoms with Crippen LogP contribution in [0.2, 0.25) is 10.0 Å². The van der Waals surface area contributed by atoms with E-state index in [-0.39, 0.29) is 18.0 Å². The van der Waals surface area contributed by atoms with E-state index in [9.17, 15) is 13.2 Å². The van der Waals surface area contributed by atoms with Crippen LogP contribution in [0.1, 0.15) is 39.8 Å². The zero-order valence-corrected chi connectivity index (χ0v) is 34.4. The Bertz CT molecular complexity index is 2390. The second-order valence-corrected chi connectivity index (χ2v) is 15.8. The van der Waals surface area contributed by atoms with Crippen molar-refractivity contribution in [3.63, 3.8) is 0 Å². The molecule has 12 nitrogen and oxygen atoms in total. The monoisotopic (exact) mass is 872 g/mol. The number of alkyl halides is 3. The number of rotatable bonds is 7. The second kappa shape index (κ2) is 19.8. The van der Waals surface area contributed by atoms with Gasteiger partial charge in [-0.15, -0.1) is 0 Å². The highest BCUT2D eigenvalue weighted by molar-refractivity contribution is 6.30. The summed E-state index contributed by atoms with van der Waals surface area (Å²) in [6.07, 6.45) is 4.88. The van der Waals surface area contributed by atoms with E-state index in [1.54, 1.807) is 24.5 Å². The number of nitrogens with one attached hydrogen (secondary N) is 3. The minimum Gasteiger partial charge on any atom is -0.492 e. The number of nitrogens with zero attached hydrogens (tertiary/aromatic N) is 4. The van der Waals surface area contributed by atoms with Crippen LogP contribution in [0.25, 0.3) is 0 Å². The quantitative estimate of drug-likeness (QED) is 0.0902. The summed E-state index contributed by atoms with van der Waals surface area (Å²) in [7, 11) is 0. The molecule has 61 heavy (non-hydrogen) atoms. The molecule has 3 atom stereocenters. The molecule has 0 bridgehead atoms. The van der Waals surface area contributed by atoms with Gasteiger partial charge in [-0.2, -0.15) is 13.2 Å². The minimum absolute atomic E-state index is 0.0236. The molecule has 1 aliphatic carbocycles. The topological polar surface area (TPSA) is 184 Å². The molecule has 318 valence electrons. The molecule has 17 heteroatoms. The first kappa shape index (κ1) is 43.4. The average Bonchev–Trinajstić information content (AvgIpc) is 3.25. The summed E-state index contributed by atoms with van der Waals surface area (Å²) in [5.41, 5.74) is 25.7. The second-order valence-electron chi connectivity index (χ2n) is 14.9. The van der Waals surface area contributed by atoms with E-state index >= 15 is 0 Å². The van der Waals surface area contributed by atoms with Crippen molar-refractivity contribution in [1.82, 2.24) is 19.9 Å². The van der Waals surface area contributed by atoms with Crippen LogP contribution in [0.4, 0.5) is 42.1 Å². The average molecular weight is 874 g/mol. The third-order valence-electron chi connectivity index (χ3n) is 10.00. The molecule has 6 aromatic rings. The largest absolute Gasteiger partial charge is 0.492 e. The van der Waals surface area contributed by atoms with E-state index in [4.69, 9.17) is 49.9 Å². The van der Waals surface area contributed by atoms with Crippen LogP contribution in [0.3, 0.4) is 0 Å². The number of ether oxygens (including phenoxy) is 2. The summed E-state index contributed by atoms with van der Waals surface area (Å²) >= 11 is 11.6. The Kier molecular flexibility index (Phi) is 14.1. The molecule has 4 heterocycles. The summed E-state index contributed by atoms with van der Waals surface area (Å²) in [5, 5.41) is 10.7. The fourth-order valence-electron chi connectivity index (χ4n) is 6.82. The predicted octanol–water partition coefficient (Wildman–Crippen LogP) is 8.41. The summed E-state index contributed by atoms with van der Waals surface area (Å²) in [5.74, 6) is 2.15. The Labute approximate surface area is 361 Å². The van der Waals surface area contributed by atoms with Crippen molar-refractivity contribution in [2.45, 2.75) is 63.0 Å². The molecular weight excluding hydrogens is 828 g/mol. The highest BCUT2D eigenvalue weighted by atomic mass is 35.5. The Hall–Kier alpha value is -5.71. The van der Waals surface area contributed by atoms with Crippen molar-refractivity contribution in [2.24, 2.45) is 17.2 Å². The van der Waals surface area contributed by atoms with Gasteiger partial charge in [0.2, 0.25) is 11.9 Å². The lowest BCUT2D eigenvalue weighted by Gasteiger charge is -2.22. The van der Waals surface area contributed by atoms with Crippen LogP contribution in [0.5, 0.6) is 11.5 Å². The van der Waals surface area contributed by atoms with E-state index in [0.717, 1.165) is 78.6 Å². The third-order valence-corrected chi connectivity index (χ3v) is 10.4. The maximum absolute atomic E-state index is 12.4. The first-order chi connectivity index (χ1) is 29.3. The number of aryl methyl sites for hydroxylation is 1. The van der Waals surface area contributed by atoms with Gasteiger partial charge in [-0.1, -0.05) is 53.5 Å². The van der Waals surface area contributed by atoms with Crippen LogP contribution in [0, 0.1) is 0 Å². The van der Waals surface area contributed by atoms with Crippen LogP contribution < -0.4 is 42.6 Å². The van der Waals surface area contributed by atoms with Gasteiger partial charge in [-0.05, 0) is 96.3 Å². The highest BCUT2D eigenvalue weighted by Gasteiger charge is 2.31. The lowest BCUT2D eigenvalue weighted by molar-refractivity contribution is -0.138. The summed E-state index contributed by atoms with van der Waals surface area (Å²) in [6, 6.07) is 26.2. The summed E-state index contributed by atoms with van der Waals surface area (Å²) in [6.45, 7) is 1.80. The Balaban J connectivity index is 0.000000138. The number of aromatic nitrogens is 4. The van der Waals surface area contributed by atoms with Gasteiger partial charge in [0, 0.05) is 71.3 Å². The zero-order chi connectivity index (χ0) is 42.9. The molecule has 3 aliphatic rings. The fourth-order valence-corrected chi connectivity index (χ4v) is 7.04. The molecule has 9 N–H and O–H groups in total. The molecule has 0 spiro atoms. The van der Waals surface area contributed by atoms with E-state index in [0.29, 0.717) is 41.7 Å². The van der Waals surface area contributed by atoms with Crippen LogP contribution in [-0.4, -0.2) is 51.3 Å². The fraction of sp³-hybridized carbons (Fsp3) is 0.273. The molecule has 0 amide bonds. The maximum atomic E-state index is 12.4. The number of nitrogens with two attached hydrogens (primary N) is 3. The smallest absolute Gasteiger partial charge is 0.419 e. The first-order valence-electron chi connectivity index (χ1n) is 19.6. The summed E-state index contributed by atoms with van der Waals surface area (Å²) < 4.78 is 48.4. The standard InChI is InChI=1S/C17H19ClN2.C14H13F3N4O.C13H13ClN4O/c18-15-5-1-12(2-6-15)11-20-17-8-4-13-9-16(19)7-3-14(13)10-17;15-14(16,17)9-5-19-13(20-6-9)21-11-2-1-8-3-10(18)7-22-12(8)4-11;14-9-5-16-13(17-6-9)18-11-2-1-8-3-10(15)7-19-12(8)4-11/h1-2,4-6,8,10,16,20H,3,7,9,11,19H2;1-2,4-6,10H,3,7,18H2,(H,19,20,21);1-2,4-6,10H,3,7,15H2,(H,16,17,18)/t16-;2*10-/m011/s1. The van der Waals surface area contributed by atoms with Crippen molar-refractivity contribution in [2.75, 3.05) is 29.2 Å². The van der Waals surface area contributed by atoms with Gasteiger partial charge in [-0.25, -0.2) is 19.9 Å². The van der Waals surface area contributed by atoms with Crippen molar-refractivity contribution in [3.05, 3.63) is 147 Å². The van der Waals surface area contributed by atoms with Gasteiger partial charge in [0.15, 0.2) is 0 Å². The van der Waals surface area contributed by atoms with Crippen LogP contribution in [-0.2, 0) is 38.4 Å². The Morgan fingerprint density at radius 2 is 1.10 bits per heavy atom. The van der Waals surface area contributed by atoms with Crippen molar-refractivity contribution in [1.29, 1.82) is 0 Å². The van der Waals surface area contributed by atoms with Crippen molar-refractivity contribution < 1.29 is 22.6 Å². The summed E-state index contributed by atoms with van der Waals surface area (Å²) in [4.78, 5) is 15.5. The zero-order valence-electron chi connectivity index (χ0n) is 32.9. The van der Waals surface area contributed by atoms with Crippen molar-refractivity contribution >= 4 is 52.2 Å². The SMILES string of the molecule is N[C@H]1CCc2cc(NCc3ccc(Cl)cc3)ccc2C1.N[C@H]1COc2cc(Nc3ncc(C(F)(F)F)cn3)ccc2C1.N[C@H]1COc2cc(Nc3ncc(Cl)cn3)ccc2C1. The van der Waals surface area contributed by atoms with Gasteiger partial charge < -0.3 is 42.6 Å². The van der Waals surface area contributed by atoms with Gasteiger partial charge in [0.1, 0.15) is 24.7 Å². The number of hydrogen-bond acceptors (Lipinski definition) is 12. The Morgan fingerprint density at radius 1 is 0.590 bits per heavy atom. The number of fused-ring (bicyclic) bond motifs is 3.